The van der Waals surface area contributed by atoms with Gasteiger partial charge in [0.25, 0.3) is 0 Å². The third-order valence-corrected chi connectivity index (χ3v) is 1.41. The first-order chi connectivity index (χ1) is 4.18. The minimum absolute atomic E-state index is 0. The van der Waals surface area contributed by atoms with Crippen molar-refractivity contribution < 1.29 is 9.53 Å². The number of carbonyl (C=O) groups is 1. The summed E-state index contributed by atoms with van der Waals surface area (Å²) in [6.07, 6.45) is 0.788. The van der Waals surface area contributed by atoms with Crippen LogP contribution in [0.4, 0.5) is 4.79 Å². The average molecular weight is 167 g/mol. The standard InChI is InChI=1S/C5H10N2O2.ClH/c6-3-1-4(2-3)9-5(7)8;/h3-4H,1-2,6H2,(H2,7,8);1H/t3-,4-;. The molecular formula is C5H11ClN2O2. The Labute approximate surface area is 65.3 Å². The van der Waals surface area contributed by atoms with Crippen LogP contribution in [0, 0.1) is 0 Å². The molecule has 0 atom stereocenters. The minimum atomic E-state index is -0.702. The summed E-state index contributed by atoms with van der Waals surface area (Å²) in [4.78, 5) is 10.1. The maximum atomic E-state index is 10.1. The first-order valence-corrected chi connectivity index (χ1v) is 2.90. The molecule has 1 rings (SSSR count). The molecule has 0 unspecified atom stereocenters. The lowest BCUT2D eigenvalue weighted by molar-refractivity contribution is 0.0473. The van der Waals surface area contributed by atoms with E-state index in [1.54, 1.807) is 0 Å². The Bertz CT molecular complexity index is 125. The number of ether oxygens (including phenoxy) is 1. The fourth-order valence-corrected chi connectivity index (χ4v) is 0.867. The van der Waals surface area contributed by atoms with E-state index >= 15 is 0 Å². The van der Waals surface area contributed by atoms with E-state index in [0.29, 0.717) is 0 Å². The van der Waals surface area contributed by atoms with Gasteiger partial charge in [-0.2, -0.15) is 0 Å². The van der Waals surface area contributed by atoms with Gasteiger partial charge in [-0.05, 0) is 12.8 Å². The van der Waals surface area contributed by atoms with E-state index in [2.05, 4.69) is 4.74 Å². The smallest absolute Gasteiger partial charge is 0.404 e. The zero-order valence-electron chi connectivity index (χ0n) is 5.45. The number of carbonyl (C=O) groups excluding carboxylic acids is 1. The molecule has 0 saturated heterocycles. The van der Waals surface area contributed by atoms with Gasteiger partial charge in [0, 0.05) is 6.04 Å². The number of nitrogens with two attached hydrogens (primary N) is 2. The Kier molecular flexibility index (Phi) is 3.46. The van der Waals surface area contributed by atoms with E-state index in [1.165, 1.54) is 0 Å². The largest absolute Gasteiger partial charge is 0.446 e. The topological polar surface area (TPSA) is 78.3 Å². The maximum absolute atomic E-state index is 10.1. The Hall–Kier alpha value is -0.480. The molecule has 5 heteroatoms. The molecule has 10 heavy (non-hydrogen) atoms. The van der Waals surface area contributed by atoms with Crippen LogP contribution in [0.15, 0.2) is 0 Å². The Morgan fingerprint density at radius 3 is 2.30 bits per heavy atom. The third kappa shape index (κ3) is 2.41. The van der Waals surface area contributed by atoms with Gasteiger partial charge in [0.1, 0.15) is 6.10 Å². The second-order valence-corrected chi connectivity index (χ2v) is 2.29. The number of primary amides is 1. The molecule has 4 N–H and O–H groups in total. The summed E-state index contributed by atoms with van der Waals surface area (Å²) >= 11 is 0. The van der Waals surface area contributed by atoms with Crippen LogP contribution in [0.5, 0.6) is 0 Å². The van der Waals surface area contributed by atoms with Gasteiger partial charge in [0.15, 0.2) is 0 Å². The summed E-state index contributed by atoms with van der Waals surface area (Å²) in [6, 6.07) is 0.203. The second-order valence-electron chi connectivity index (χ2n) is 2.29. The molecule has 0 radical (unpaired) electrons. The molecule has 60 valence electrons. The van der Waals surface area contributed by atoms with Crippen molar-refractivity contribution in [1.29, 1.82) is 0 Å². The van der Waals surface area contributed by atoms with Crippen LogP contribution in [0.2, 0.25) is 0 Å². The van der Waals surface area contributed by atoms with Crippen molar-refractivity contribution in [3.05, 3.63) is 0 Å². The van der Waals surface area contributed by atoms with E-state index in [-0.39, 0.29) is 24.6 Å². The summed E-state index contributed by atoms with van der Waals surface area (Å²) in [7, 11) is 0. The lowest BCUT2D eigenvalue weighted by Crippen LogP contribution is -2.43. The van der Waals surface area contributed by atoms with Crippen molar-refractivity contribution in [2.75, 3.05) is 0 Å². The van der Waals surface area contributed by atoms with Crippen molar-refractivity contribution >= 4 is 18.5 Å². The summed E-state index contributed by atoms with van der Waals surface area (Å²) in [5.74, 6) is 0. The summed E-state index contributed by atoms with van der Waals surface area (Å²) in [5.41, 5.74) is 10.2. The molecule has 1 fully saturated rings. The predicted octanol–water partition coefficient (Wildman–Crippen LogP) is -0.00680. The van der Waals surface area contributed by atoms with Gasteiger partial charge in [-0.15, -0.1) is 12.4 Å². The first-order valence-electron chi connectivity index (χ1n) is 2.90. The molecule has 1 aliphatic carbocycles. The average Bonchev–Trinajstić information content (AvgIpc) is 1.60. The lowest BCUT2D eigenvalue weighted by Gasteiger charge is -2.30. The van der Waals surface area contributed by atoms with E-state index < -0.39 is 6.09 Å². The number of hydrogen-bond donors (Lipinski definition) is 2. The molecule has 0 aromatic carbocycles. The van der Waals surface area contributed by atoms with Gasteiger partial charge < -0.3 is 16.2 Å². The van der Waals surface area contributed by atoms with Crippen LogP contribution >= 0.6 is 12.4 Å². The van der Waals surface area contributed by atoms with Gasteiger partial charge in [0.2, 0.25) is 0 Å². The van der Waals surface area contributed by atoms with Crippen molar-refractivity contribution in [1.82, 2.24) is 0 Å². The first kappa shape index (κ1) is 9.52. The molecule has 1 amide bonds. The number of hydrogen-bond acceptors (Lipinski definition) is 3. The van der Waals surface area contributed by atoms with Crippen LogP contribution in [0.1, 0.15) is 12.8 Å². The van der Waals surface area contributed by atoms with E-state index in [4.69, 9.17) is 11.5 Å². The molecule has 0 aromatic heterocycles. The summed E-state index contributed by atoms with van der Waals surface area (Å²) in [5, 5.41) is 0. The number of amides is 1. The van der Waals surface area contributed by atoms with Crippen molar-refractivity contribution in [2.45, 2.75) is 25.0 Å². The fourth-order valence-electron chi connectivity index (χ4n) is 0.867. The van der Waals surface area contributed by atoms with Gasteiger partial charge in [-0.25, -0.2) is 4.79 Å². The second kappa shape index (κ2) is 3.63. The highest BCUT2D eigenvalue weighted by atomic mass is 35.5. The highest BCUT2D eigenvalue weighted by molar-refractivity contribution is 5.85. The SMILES string of the molecule is Cl.NC(=O)O[C@H]1C[C@H](N)C1. The molecule has 0 heterocycles. The molecule has 1 saturated carbocycles. The van der Waals surface area contributed by atoms with Gasteiger partial charge in [0.05, 0.1) is 0 Å². The van der Waals surface area contributed by atoms with Crippen LogP contribution in [-0.2, 0) is 4.74 Å². The molecule has 0 aliphatic heterocycles. The molecule has 0 bridgehead atoms. The summed E-state index contributed by atoms with van der Waals surface area (Å²) < 4.78 is 4.62. The number of halogens is 1. The molecule has 1 aliphatic rings. The maximum Gasteiger partial charge on any atom is 0.404 e. The van der Waals surface area contributed by atoms with Gasteiger partial charge in [-0.1, -0.05) is 0 Å². The summed E-state index contributed by atoms with van der Waals surface area (Å²) in [6.45, 7) is 0. The van der Waals surface area contributed by atoms with Gasteiger partial charge >= 0.3 is 6.09 Å². The highest BCUT2D eigenvalue weighted by Crippen LogP contribution is 2.20. The zero-order chi connectivity index (χ0) is 6.85. The third-order valence-electron chi connectivity index (χ3n) is 1.41. The Balaban J connectivity index is 0.000000810. The zero-order valence-corrected chi connectivity index (χ0v) is 6.26. The van der Waals surface area contributed by atoms with Crippen LogP contribution < -0.4 is 11.5 Å². The normalized spacial score (nSPS) is 29.7. The molecular weight excluding hydrogens is 156 g/mol. The fraction of sp³-hybridized carbons (Fsp3) is 0.800. The minimum Gasteiger partial charge on any atom is -0.446 e. The van der Waals surface area contributed by atoms with E-state index in [9.17, 15) is 4.79 Å². The van der Waals surface area contributed by atoms with Crippen LogP contribution in [0.25, 0.3) is 0 Å². The van der Waals surface area contributed by atoms with E-state index in [1.807, 2.05) is 0 Å². The quantitative estimate of drug-likeness (QED) is 0.575. The van der Waals surface area contributed by atoms with Gasteiger partial charge in [-0.3, -0.25) is 0 Å². The monoisotopic (exact) mass is 166 g/mol. The van der Waals surface area contributed by atoms with Crippen LogP contribution in [0.3, 0.4) is 0 Å². The molecule has 4 nitrogen and oxygen atoms in total. The van der Waals surface area contributed by atoms with Crippen molar-refractivity contribution in [2.24, 2.45) is 11.5 Å². The lowest BCUT2D eigenvalue weighted by atomic mass is 9.90. The predicted molar refractivity (Wildman–Crippen MR) is 38.9 cm³/mol. The van der Waals surface area contributed by atoms with Crippen molar-refractivity contribution in [3.63, 3.8) is 0 Å². The van der Waals surface area contributed by atoms with E-state index in [0.717, 1.165) is 12.8 Å². The molecule has 0 aromatic rings. The molecule has 0 spiro atoms. The highest BCUT2D eigenvalue weighted by Gasteiger charge is 2.28. The Morgan fingerprint density at radius 2 is 2.00 bits per heavy atom. The van der Waals surface area contributed by atoms with Crippen molar-refractivity contribution in [3.8, 4) is 0 Å². The Morgan fingerprint density at radius 1 is 1.50 bits per heavy atom. The van der Waals surface area contributed by atoms with Crippen LogP contribution in [-0.4, -0.2) is 18.2 Å². The number of rotatable bonds is 1.